The van der Waals surface area contributed by atoms with E-state index in [0.717, 1.165) is 5.56 Å². The number of anilines is 1. The second-order valence-corrected chi connectivity index (χ2v) is 3.98. The van der Waals surface area contributed by atoms with Crippen molar-refractivity contribution >= 4 is 17.6 Å². The maximum Gasteiger partial charge on any atom is 0.326 e. The van der Waals surface area contributed by atoms with Crippen molar-refractivity contribution in [1.29, 1.82) is 0 Å². The zero-order chi connectivity index (χ0) is 12.4. The fraction of sp³-hybridized carbons (Fsp3) is 0.333. The zero-order valence-electron chi connectivity index (χ0n) is 9.17. The maximum atomic E-state index is 11.7. The molecule has 1 aliphatic rings. The lowest BCUT2D eigenvalue weighted by atomic mass is 10.2. The van der Waals surface area contributed by atoms with Gasteiger partial charge in [0, 0.05) is 12.1 Å². The van der Waals surface area contributed by atoms with E-state index in [-0.39, 0.29) is 18.9 Å². The molecule has 1 amide bonds. The van der Waals surface area contributed by atoms with Crippen molar-refractivity contribution < 1.29 is 19.8 Å². The summed E-state index contributed by atoms with van der Waals surface area (Å²) in [5.74, 6) is -1.16. The van der Waals surface area contributed by atoms with Crippen LogP contribution >= 0.6 is 0 Å². The van der Waals surface area contributed by atoms with Crippen LogP contribution in [0.2, 0.25) is 0 Å². The number of rotatable bonds is 3. The Morgan fingerprint density at radius 2 is 2.00 bits per heavy atom. The lowest BCUT2D eigenvalue weighted by Crippen LogP contribution is -2.38. The van der Waals surface area contributed by atoms with Crippen molar-refractivity contribution in [3.63, 3.8) is 0 Å². The van der Waals surface area contributed by atoms with E-state index in [1.807, 2.05) is 0 Å². The van der Waals surface area contributed by atoms with E-state index in [2.05, 4.69) is 0 Å². The quantitative estimate of drug-likeness (QED) is 0.810. The first-order chi connectivity index (χ1) is 8.13. The molecular weight excluding hydrogens is 222 g/mol. The molecule has 1 aromatic rings. The Balaban J connectivity index is 2.29. The van der Waals surface area contributed by atoms with Crippen LogP contribution in [-0.2, 0) is 16.2 Å². The number of carbonyl (C=O) groups excluding carboxylic acids is 1. The normalized spacial score (nSPS) is 19.7. The van der Waals surface area contributed by atoms with Gasteiger partial charge in [-0.2, -0.15) is 0 Å². The molecule has 5 heteroatoms. The van der Waals surface area contributed by atoms with Crippen molar-refractivity contribution in [2.24, 2.45) is 0 Å². The van der Waals surface area contributed by atoms with Gasteiger partial charge in [-0.3, -0.25) is 9.69 Å². The number of nitrogens with zero attached hydrogens (tertiary/aromatic N) is 1. The molecule has 0 saturated carbocycles. The molecule has 0 radical (unpaired) electrons. The molecule has 0 aromatic heterocycles. The van der Waals surface area contributed by atoms with Crippen LogP contribution in [0.1, 0.15) is 18.4 Å². The number of amides is 1. The molecule has 90 valence electrons. The summed E-state index contributed by atoms with van der Waals surface area (Å²) in [5.41, 5.74) is 1.30. The fourth-order valence-electron chi connectivity index (χ4n) is 2.00. The highest BCUT2D eigenvalue weighted by Gasteiger charge is 2.36. The first kappa shape index (κ1) is 11.6. The van der Waals surface area contributed by atoms with Crippen molar-refractivity contribution in [3.8, 4) is 0 Å². The Bertz CT molecular complexity index is 440. The highest BCUT2D eigenvalue weighted by Crippen LogP contribution is 2.27. The molecule has 1 aliphatic heterocycles. The first-order valence-electron chi connectivity index (χ1n) is 5.38. The van der Waals surface area contributed by atoms with E-state index in [0.29, 0.717) is 12.1 Å². The lowest BCUT2D eigenvalue weighted by Gasteiger charge is -2.21. The van der Waals surface area contributed by atoms with Crippen molar-refractivity contribution in [1.82, 2.24) is 0 Å². The zero-order valence-corrected chi connectivity index (χ0v) is 9.17. The Hall–Kier alpha value is -1.88. The van der Waals surface area contributed by atoms with Crippen molar-refractivity contribution in [2.75, 3.05) is 4.90 Å². The Kier molecular flexibility index (Phi) is 3.10. The van der Waals surface area contributed by atoms with Gasteiger partial charge in [-0.1, -0.05) is 12.1 Å². The van der Waals surface area contributed by atoms with Crippen LogP contribution in [0.4, 0.5) is 5.69 Å². The number of hydrogen-bond donors (Lipinski definition) is 2. The third kappa shape index (κ3) is 2.14. The van der Waals surface area contributed by atoms with Gasteiger partial charge in [0.25, 0.3) is 0 Å². The molecule has 1 atom stereocenters. The fourth-order valence-corrected chi connectivity index (χ4v) is 2.00. The van der Waals surface area contributed by atoms with Crippen LogP contribution in [0.25, 0.3) is 0 Å². The molecule has 0 aliphatic carbocycles. The molecule has 2 rings (SSSR count). The molecule has 1 unspecified atom stereocenters. The van der Waals surface area contributed by atoms with Crippen LogP contribution in [0.5, 0.6) is 0 Å². The van der Waals surface area contributed by atoms with Gasteiger partial charge >= 0.3 is 5.97 Å². The van der Waals surface area contributed by atoms with Gasteiger partial charge in [0.2, 0.25) is 5.91 Å². The summed E-state index contributed by atoms with van der Waals surface area (Å²) < 4.78 is 0. The molecule has 1 fully saturated rings. The van der Waals surface area contributed by atoms with E-state index < -0.39 is 12.0 Å². The smallest absolute Gasteiger partial charge is 0.326 e. The maximum absolute atomic E-state index is 11.7. The van der Waals surface area contributed by atoms with Gasteiger partial charge in [0.15, 0.2) is 0 Å². The van der Waals surface area contributed by atoms with E-state index in [4.69, 9.17) is 10.2 Å². The molecule has 2 N–H and O–H groups in total. The first-order valence-corrected chi connectivity index (χ1v) is 5.38. The summed E-state index contributed by atoms with van der Waals surface area (Å²) in [6.45, 7) is -0.0728. The van der Waals surface area contributed by atoms with E-state index in [1.54, 1.807) is 24.3 Å². The minimum atomic E-state index is -0.984. The second-order valence-electron chi connectivity index (χ2n) is 3.98. The third-order valence-corrected chi connectivity index (χ3v) is 2.89. The number of aliphatic carboxylic acids is 1. The number of carbonyl (C=O) groups is 2. The monoisotopic (exact) mass is 235 g/mol. The molecule has 0 spiro atoms. The van der Waals surface area contributed by atoms with Crippen LogP contribution in [0.3, 0.4) is 0 Å². The van der Waals surface area contributed by atoms with Crippen molar-refractivity contribution in [3.05, 3.63) is 29.8 Å². The average molecular weight is 235 g/mol. The summed E-state index contributed by atoms with van der Waals surface area (Å²) >= 11 is 0. The predicted octanol–water partition coefficient (Wildman–Crippen LogP) is 0.759. The molecular formula is C12H13NO4. The topological polar surface area (TPSA) is 77.8 Å². The number of benzene rings is 1. The Morgan fingerprint density at radius 1 is 1.35 bits per heavy atom. The van der Waals surface area contributed by atoms with Gasteiger partial charge in [-0.15, -0.1) is 0 Å². The van der Waals surface area contributed by atoms with Crippen LogP contribution in [0.15, 0.2) is 24.3 Å². The SMILES string of the molecule is O=C(O)C1CCC(=O)N1c1ccc(CO)cc1. The Morgan fingerprint density at radius 3 is 2.53 bits per heavy atom. The standard InChI is InChI=1S/C12H13NO4/c14-7-8-1-3-9(4-2-8)13-10(12(16)17)5-6-11(13)15/h1-4,10,14H,5-7H2,(H,16,17). The lowest BCUT2D eigenvalue weighted by molar-refractivity contribution is -0.138. The molecule has 5 nitrogen and oxygen atoms in total. The molecule has 17 heavy (non-hydrogen) atoms. The van der Waals surface area contributed by atoms with E-state index >= 15 is 0 Å². The third-order valence-electron chi connectivity index (χ3n) is 2.89. The van der Waals surface area contributed by atoms with Gasteiger partial charge in [-0.25, -0.2) is 4.79 Å². The molecule has 0 bridgehead atoms. The van der Waals surface area contributed by atoms with Crippen LogP contribution in [0, 0.1) is 0 Å². The van der Waals surface area contributed by atoms with Gasteiger partial charge in [-0.05, 0) is 24.1 Å². The van der Waals surface area contributed by atoms with Crippen LogP contribution < -0.4 is 4.90 Å². The predicted molar refractivity (Wildman–Crippen MR) is 60.5 cm³/mol. The van der Waals surface area contributed by atoms with Gasteiger partial charge < -0.3 is 10.2 Å². The number of carboxylic acid groups (broad SMARTS) is 1. The Labute approximate surface area is 98.3 Å². The highest BCUT2D eigenvalue weighted by molar-refractivity contribution is 6.02. The number of aliphatic hydroxyl groups is 1. The summed E-state index contributed by atoms with van der Waals surface area (Å²) in [6, 6.07) is 5.90. The number of aliphatic hydroxyl groups excluding tert-OH is 1. The highest BCUT2D eigenvalue weighted by atomic mass is 16.4. The van der Waals surface area contributed by atoms with E-state index in [9.17, 15) is 9.59 Å². The summed E-state index contributed by atoms with van der Waals surface area (Å²) in [6.07, 6.45) is 0.606. The molecule has 1 aromatic carbocycles. The number of carboxylic acids is 1. The summed E-state index contributed by atoms with van der Waals surface area (Å²) in [5, 5.41) is 17.9. The minimum Gasteiger partial charge on any atom is -0.480 e. The average Bonchev–Trinajstić information content (AvgIpc) is 2.71. The van der Waals surface area contributed by atoms with Gasteiger partial charge in [0.05, 0.1) is 6.61 Å². The minimum absolute atomic E-state index is 0.0728. The molecule has 1 heterocycles. The second kappa shape index (κ2) is 4.55. The van der Waals surface area contributed by atoms with Crippen molar-refractivity contribution in [2.45, 2.75) is 25.5 Å². The van der Waals surface area contributed by atoms with E-state index in [1.165, 1.54) is 4.90 Å². The summed E-state index contributed by atoms with van der Waals surface area (Å²) in [7, 11) is 0. The number of hydrogen-bond acceptors (Lipinski definition) is 3. The van der Waals surface area contributed by atoms with Crippen LogP contribution in [-0.4, -0.2) is 28.1 Å². The summed E-state index contributed by atoms with van der Waals surface area (Å²) in [4.78, 5) is 24.0. The van der Waals surface area contributed by atoms with Gasteiger partial charge in [0.1, 0.15) is 6.04 Å². The largest absolute Gasteiger partial charge is 0.480 e. The molecule has 1 saturated heterocycles.